The van der Waals surface area contributed by atoms with Gasteiger partial charge in [-0.15, -0.1) is 10.2 Å². The Morgan fingerprint density at radius 1 is 1.25 bits per heavy atom. The molecule has 1 amide bonds. The minimum Gasteiger partial charge on any atom is -0.491 e. The number of nitrogens with one attached hydrogen (secondary N) is 1. The fourth-order valence-corrected chi connectivity index (χ4v) is 3.47. The van der Waals surface area contributed by atoms with Crippen LogP contribution in [-0.4, -0.2) is 32.6 Å². The first-order chi connectivity index (χ1) is 13.4. The predicted molar refractivity (Wildman–Crippen MR) is 115 cm³/mol. The Bertz CT molecular complexity index is 976. The van der Waals surface area contributed by atoms with Gasteiger partial charge in [0, 0.05) is 10.0 Å². The molecule has 0 aliphatic heterocycles. The van der Waals surface area contributed by atoms with Crippen LogP contribution in [0.1, 0.15) is 13.8 Å². The summed E-state index contributed by atoms with van der Waals surface area (Å²) in [6.07, 6.45) is 0.0697. The molecule has 0 radical (unpaired) electrons. The molecule has 0 aliphatic rings. The van der Waals surface area contributed by atoms with Crippen LogP contribution >= 0.6 is 27.7 Å². The van der Waals surface area contributed by atoms with E-state index in [0.717, 1.165) is 15.8 Å². The molecule has 3 rings (SSSR count). The summed E-state index contributed by atoms with van der Waals surface area (Å²) >= 11 is 4.62. The zero-order valence-corrected chi connectivity index (χ0v) is 17.8. The molecule has 0 aliphatic carbocycles. The third-order valence-corrected chi connectivity index (χ3v) is 5.24. The summed E-state index contributed by atoms with van der Waals surface area (Å²) in [5, 5.41) is 11.5. The molecule has 28 heavy (non-hydrogen) atoms. The Hall–Kier alpha value is -2.52. The zero-order valence-electron chi connectivity index (χ0n) is 15.4. The summed E-state index contributed by atoms with van der Waals surface area (Å²) in [6.45, 7) is 3.93. The van der Waals surface area contributed by atoms with Gasteiger partial charge in [-0.3, -0.25) is 4.79 Å². The Kier molecular flexibility index (Phi) is 6.58. The smallest absolute Gasteiger partial charge is 0.234 e. The van der Waals surface area contributed by atoms with Crippen molar-refractivity contribution in [3.05, 3.63) is 53.0 Å². The van der Waals surface area contributed by atoms with Gasteiger partial charge in [0.05, 0.1) is 17.5 Å². The van der Waals surface area contributed by atoms with Gasteiger partial charge in [0.2, 0.25) is 11.1 Å². The van der Waals surface area contributed by atoms with E-state index in [1.54, 1.807) is 0 Å². The first kappa shape index (κ1) is 20.2. The number of para-hydroxylation sites is 1. The maximum absolute atomic E-state index is 12.2. The second-order valence-corrected chi connectivity index (χ2v) is 7.98. The Morgan fingerprint density at radius 2 is 2.04 bits per heavy atom. The molecular formula is C19H20BrN5O2S. The first-order valence-corrected chi connectivity index (χ1v) is 10.4. The minimum absolute atomic E-state index is 0.0697. The molecule has 0 bridgehead atoms. The van der Waals surface area contributed by atoms with Crippen LogP contribution < -0.4 is 15.9 Å². The van der Waals surface area contributed by atoms with Crippen LogP contribution in [0.15, 0.2) is 58.2 Å². The lowest BCUT2D eigenvalue weighted by atomic mass is 10.2. The van der Waals surface area contributed by atoms with Gasteiger partial charge < -0.3 is 15.9 Å². The number of halogens is 1. The molecule has 2 aromatic carbocycles. The van der Waals surface area contributed by atoms with E-state index >= 15 is 0 Å². The molecule has 3 N–H and O–H groups in total. The number of hydrogen-bond acceptors (Lipinski definition) is 6. The molecule has 1 heterocycles. The summed E-state index contributed by atoms with van der Waals surface area (Å²) in [5.41, 5.74) is 1.50. The molecule has 0 saturated heterocycles. The van der Waals surface area contributed by atoms with E-state index in [0.29, 0.717) is 16.7 Å². The number of nitrogens with two attached hydrogens (primary N) is 1. The van der Waals surface area contributed by atoms with Crippen LogP contribution in [0.5, 0.6) is 5.75 Å². The molecule has 1 aromatic heterocycles. The molecular weight excluding hydrogens is 442 g/mol. The quantitative estimate of drug-likeness (QED) is 0.408. The second-order valence-electron chi connectivity index (χ2n) is 6.19. The van der Waals surface area contributed by atoms with E-state index in [-0.39, 0.29) is 17.8 Å². The van der Waals surface area contributed by atoms with Crippen LogP contribution in [0.2, 0.25) is 0 Å². The number of nitrogens with zero attached hydrogens (tertiary/aromatic N) is 3. The maximum atomic E-state index is 12.2. The largest absolute Gasteiger partial charge is 0.491 e. The SMILES string of the molecule is CC(C)Oc1cccc(-c2nnc(SCC(=O)Nc3ccccc3Br)n2N)c1. The number of ether oxygens (including phenoxy) is 1. The highest BCUT2D eigenvalue weighted by Crippen LogP contribution is 2.26. The number of hydrogen-bond donors (Lipinski definition) is 2. The van der Waals surface area contributed by atoms with Gasteiger partial charge in [-0.1, -0.05) is 36.0 Å². The average molecular weight is 462 g/mol. The van der Waals surface area contributed by atoms with E-state index in [9.17, 15) is 4.79 Å². The van der Waals surface area contributed by atoms with Crippen molar-refractivity contribution in [3.63, 3.8) is 0 Å². The normalized spacial score (nSPS) is 10.9. The summed E-state index contributed by atoms with van der Waals surface area (Å²) < 4.78 is 7.91. The number of thioether (sulfide) groups is 1. The van der Waals surface area contributed by atoms with Crippen molar-refractivity contribution in [1.29, 1.82) is 0 Å². The second kappa shape index (κ2) is 9.11. The van der Waals surface area contributed by atoms with Gasteiger partial charge >= 0.3 is 0 Å². The summed E-state index contributed by atoms with van der Waals surface area (Å²) in [4.78, 5) is 12.2. The number of carbonyl (C=O) groups is 1. The van der Waals surface area contributed by atoms with Crippen molar-refractivity contribution >= 4 is 39.3 Å². The van der Waals surface area contributed by atoms with Crippen LogP contribution in [-0.2, 0) is 4.79 Å². The lowest BCUT2D eigenvalue weighted by Crippen LogP contribution is -2.16. The van der Waals surface area contributed by atoms with E-state index < -0.39 is 0 Å². The molecule has 146 valence electrons. The number of amides is 1. The van der Waals surface area contributed by atoms with Crippen molar-refractivity contribution in [2.45, 2.75) is 25.1 Å². The predicted octanol–water partition coefficient (Wildman–Crippen LogP) is 3.94. The fraction of sp³-hybridized carbons (Fsp3) is 0.211. The van der Waals surface area contributed by atoms with Crippen molar-refractivity contribution in [1.82, 2.24) is 14.9 Å². The molecule has 0 atom stereocenters. The highest BCUT2D eigenvalue weighted by molar-refractivity contribution is 9.10. The Labute approximate surface area is 175 Å². The van der Waals surface area contributed by atoms with Crippen LogP contribution in [0.4, 0.5) is 5.69 Å². The third kappa shape index (κ3) is 5.05. The number of aromatic nitrogens is 3. The highest BCUT2D eigenvalue weighted by atomic mass is 79.9. The van der Waals surface area contributed by atoms with Crippen LogP contribution in [0.25, 0.3) is 11.4 Å². The van der Waals surface area contributed by atoms with E-state index in [4.69, 9.17) is 10.6 Å². The van der Waals surface area contributed by atoms with Gasteiger partial charge in [-0.25, -0.2) is 4.68 Å². The maximum Gasteiger partial charge on any atom is 0.234 e. The highest BCUT2D eigenvalue weighted by Gasteiger charge is 2.15. The van der Waals surface area contributed by atoms with E-state index in [2.05, 4.69) is 31.4 Å². The fourth-order valence-electron chi connectivity index (χ4n) is 2.43. The number of nitrogen functional groups attached to an aromatic ring is 1. The van der Waals surface area contributed by atoms with Gasteiger partial charge in [-0.2, -0.15) is 0 Å². The summed E-state index contributed by atoms with van der Waals surface area (Å²) in [5.74, 6) is 7.38. The Balaban J connectivity index is 1.66. The molecule has 3 aromatic rings. The molecule has 9 heteroatoms. The number of benzene rings is 2. The standard InChI is InChI=1S/C19H20BrN5O2S/c1-12(2)27-14-7-5-6-13(10-14)18-23-24-19(25(18)21)28-11-17(26)22-16-9-4-3-8-15(16)20/h3-10,12H,11,21H2,1-2H3,(H,22,26). The van der Waals surface area contributed by atoms with Crippen LogP contribution in [0, 0.1) is 0 Å². The van der Waals surface area contributed by atoms with Crippen molar-refractivity contribution in [2.24, 2.45) is 0 Å². The summed E-state index contributed by atoms with van der Waals surface area (Å²) in [6, 6.07) is 14.9. The zero-order chi connectivity index (χ0) is 20.1. The minimum atomic E-state index is -0.159. The van der Waals surface area contributed by atoms with Gasteiger partial charge in [0.15, 0.2) is 5.82 Å². The molecule has 7 nitrogen and oxygen atoms in total. The Morgan fingerprint density at radius 3 is 2.79 bits per heavy atom. The molecule has 0 spiro atoms. The van der Waals surface area contributed by atoms with Crippen molar-refractivity contribution < 1.29 is 9.53 Å². The monoisotopic (exact) mass is 461 g/mol. The molecule has 0 fully saturated rings. The van der Waals surface area contributed by atoms with Crippen molar-refractivity contribution in [2.75, 3.05) is 16.9 Å². The summed E-state index contributed by atoms with van der Waals surface area (Å²) in [7, 11) is 0. The number of carbonyl (C=O) groups excluding carboxylic acids is 1. The van der Waals surface area contributed by atoms with Crippen molar-refractivity contribution in [3.8, 4) is 17.1 Å². The lowest BCUT2D eigenvalue weighted by molar-refractivity contribution is -0.113. The van der Waals surface area contributed by atoms with E-state index in [1.165, 1.54) is 16.4 Å². The first-order valence-electron chi connectivity index (χ1n) is 8.59. The van der Waals surface area contributed by atoms with Crippen LogP contribution in [0.3, 0.4) is 0 Å². The average Bonchev–Trinajstić information content (AvgIpc) is 3.02. The number of anilines is 1. The number of rotatable bonds is 7. The van der Waals surface area contributed by atoms with E-state index in [1.807, 2.05) is 62.4 Å². The third-order valence-electron chi connectivity index (χ3n) is 3.61. The molecule has 0 unspecified atom stereocenters. The van der Waals surface area contributed by atoms with Gasteiger partial charge in [0.25, 0.3) is 0 Å². The van der Waals surface area contributed by atoms with Gasteiger partial charge in [0.1, 0.15) is 5.75 Å². The molecule has 0 saturated carbocycles. The van der Waals surface area contributed by atoms with Gasteiger partial charge in [-0.05, 0) is 54.0 Å². The lowest BCUT2D eigenvalue weighted by Gasteiger charge is -2.10. The topological polar surface area (TPSA) is 95.1 Å².